The third kappa shape index (κ3) is 4.97. The van der Waals surface area contributed by atoms with Crippen molar-refractivity contribution in [3.8, 4) is 0 Å². The molecule has 1 fully saturated rings. The van der Waals surface area contributed by atoms with Gasteiger partial charge in [-0.2, -0.15) is 0 Å². The molecule has 3 rings (SSSR count). The lowest BCUT2D eigenvalue weighted by Gasteiger charge is -2.29. The van der Waals surface area contributed by atoms with Crippen LogP contribution in [0.2, 0.25) is 0 Å². The number of hydrogen-bond donors (Lipinski definition) is 1. The van der Waals surface area contributed by atoms with Gasteiger partial charge in [-0.15, -0.1) is 0 Å². The van der Waals surface area contributed by atoms with Crippen molar-refractivity contribution in [1.29, 1.82) is 0 Å². The first-order valence-electron chi connectivity index (χ1n) is 9.84. The minimum Gasteiger partial charge on any atom is -0.352 e. The number of halogens is 1. The highest BCUT2D eigenvalue weighted by Gasteiger charge is 2.34. The molecular weight excluding hydrogens is 355 g/mol. The minimum atomic E-state index is -0.225. The molecule has 1 aliphatic heterocycles. The lowest BCUT2D eigenvalue weighted by atomic mass is 10.0. The molecule has 1 heterocycles. The maximum Gasteiger partial charge on any atom is 0.254 e. The number of hydrogen-bond acceptors (Lipinski definition) is 2. The van der Waals surface area contributed by atoms with E-state index < -0.39 is 0 Å². The van der Waals surface area contributed by atoms with Crippen LogP contribution in [0, 0.1) is 5.82 Å². The predicted octanol–water partition coefficient (Wildman–Crippen LogP) is 4.09. The number of nitrogens with zero attached hydrogens (tertiary/aromatic N) is 1. The monoisotopic (exact) mass is 382 g/mol. The van der Waals surface area contributed by atoms with E-state index in [1.165, 1.54) is 19.1 Å². The average molecular weight is 382 g/mol. The molecule has 0 spiro atoms. The van der Waals surface area contributed by atoms with Gasteiger partial charge in [0.2, 0.25) is 5.91 Å². The van der Waals surface area contributed by atoms with Gasteiger partial charge >= 0.3 is 0 Å². The number of rotatable bonds is 6. The summed E-state index contributed by atoms with van der Waals surface area (Å²) in [5, 5.41) is 2.76. The highest BCUT2D eigenvalue weighted by molar-refractivity contribution is 5.94. The average Bonchev–Trinajstić information content (AvgIpc) is 3.06. The Balaban J connectivity index is 1.64. The number of aryl methyl sites for hydroxylation is 1. The van der Waals surface area contributed by atoms with E-state index in [0.29, 0.717) is 12.1 Å². The van der Waals surface area contributed by atoms with Crippen LogP contribution in [-0.2, 0) is 17.8 Å². The first kappa shape index (κ1) is 20.1. The molecule has 2 aromatic rings. The normalized spacial score (nSPS) is 18.9. The molecule has 1 saturated heterocycles. The van der Waals surface area contributed by atoms with Crippen LogP contribution in [0.1, 0.15) is 54.6 Å². The summed E-state index contributed by atoms with van der Waals surface area (Å²) >= 11 is 0. The zero-order valence-corrected chi connectivity index (χ0v) is 16.5. The van der Waals surface area contributed by atoms with Gasteiger partial charge in [-0.1, -0.05) is 24.3 Å². The Hall–Kier alpha value is -2.69. The molecule has 1 aliphatic rings. The zero-order valence-electron chi connectivity index (χ0n) is 16.5. The third-order valence-electron chi connectivity index (χ3n) is 5.44. The van der Waals surface area contributed by atoms with E-state index in [4.69, 9.17) is 0 Å². The molecule has 4 nitrogen and oxygen atoms in total. The molecule has 28 heavy (non-hydrogen) atoms. The SMILES string of the molecule is CC(=O)NCc1ccc(C(=O)N2[C@@H](CCc3ccc(F)cc3)CC[C@H]2C)cc1. The largest absolute Gasteiger partial charge is 0.352 e. The maximum absolute atomic E-state index is 13.1. The van der Waals surface area contributed by atoms with Crippen LogP contribution < -0.4 is 5.32 Å². The fourth-order valence-electron chi connectivity index (χ4n) is 3.85. The Morgan fingerprint density at radius 1 is 1.04 bits per heavy atom. The summed E-state index contributed by atoms with van der Waals surface area (Å²) in [7, 11) is 0. The molecule has 0 unspecified atom stereocenters. The van der Waals surface area contributed by atoms with Crippen LogP contribution in [-0.4, -0.2) is 28.8 Å². The molecule has 0 radical (unpaired) electrons. The van der Waals surface area contributed by atoms with Crippen molar-refractivity contribution in [2.75, 3.05) is 0 Å². The molecule has 0 bridgehead atoms. The van der Waals surface area contributed by atoms with E-state index in [0.717, 1.165) is 36.8 Å². The van der Waals surface area contributed by atoms with Crippen LogP contribution in [0.15, 0.2) is 48.5 Å². The second kappa shape index (κ2) is 9.00. The first-order chi connectivity index (χ1) is 13.4. The van der Waals surface area contributed by atoms with E-state index in [-0.39, 0.29) is 29.7 Å². The number of likely N-dealkylation sites (tertiary alicyclic amines) is 1. The molecule has 5 heteroatoms. The third-order valence-corrected chi connectivity index (χ3v) is 5.44. The summed E-state index contributed by atoms with van der Waals surface area (Å²) in [6.07, 6.45) is 3.70. The lowest BCUT2D eigenvalue weighted by Crippen LogP contribution is -2.40. The maximum atomic E-state index is 13.1. The van der Waals surface area contributed by atoms with E-state index in [9.17, 15) is 14.0 Å². The fraction of sp³-hybridized carbons (Fsp3) is 0.391. The summed E-state index contributed by atoms with van der Waals surface area (Å²) < 4.78 is 13.1. The Bertz CT molecular complexity index is 818. The fourth-order valence-corrected chi connectivity index (χ4v) is 3.85. The van der Waals surface area contributed by atoms with Crippen molar-refractivity contribution < 1.29 is 14.0 Å². The second-order valence-corrected chi connectivity index (χ2v) is 7.56. The second-order valence-electron chi connectivity index (χ2n) is 7.56. The molecule has 148 valence electrons. The number of amides is 2. The molecule has 2 atom stereocenters. The van der Waals surface area contributed by atoms with Gasteiger partial charge in [0, 0.05) is 31.1 Å². The van der Waals surface area contributed by atoms with Gasteiger partial charge in [-0.3, -0.25) is 9.59 Å². The summed E-state index contributed by atoms with van der Waals surface area (Å²) in [5.74, 6) is -0.243. The van der Waals surface area contributed by atoms with Gasteiger partial charge in [0.25, 0.3) is 5.91 Å². The predicted molar refractivity (Wildman–Crippen MR) is 107 cm³/mol. The Kier molecular flexibility index (Phi) is 6.45. The summed E-state index contributed by atoms with van der Waals surface area (Å²) in [5.41, 5.74) is 2.73. The van der Waals surface area contributed by atoms with E-state index in [2.05, 4.69) is 12.2 Å². The zero-order chi connectivity index (χ0) is 20.1. The van der Waals surface area contributed by atoms with Crippen molar-refractivity contribution in [2.45, 2.75) is 58.2 Å². The molecule has 2 amide bonds. The summed E-state index contributed by atoms with van der Waals surface area (Å²) in [4.78, 5) is 26.1. The smallest absolute Gasteiger partial charge is 0.254 e. The van der Waals surface area contributed by atoms with Gasteiger partial charge in [-0.05, 0) is 68.0 Å². The highest BCUT2D eigenvalue weighted by atomic mass is 19.1. The number of nitrogens with one attached hydrogen (secondary N) is 1. The number of carbonyl (C=O) groups excluding carboxylic acids is 2. The van der Waals surface area contributed by atoms with Gasteiger partial charge in [0.1, 0.15) is 5.82 Å². The lowest BCUT2D eigenvalue weighted by molar-refractivity contribution is -0.119. The standard InChI is InChI=1S/C23H27FN2O2/c1-16-3-13-22(14-8-18-6-11-21(24)12-7-18)26(16)23(28)20-9-4-19(5-10-20)15-25-17(2)27/h4-7,9-12,16,22H,3,8,13-15H2,1-2H3,(H,25,27)/t16-,22-/m1/s1. The topological polar surface area (TPSA) is 49.4 Å². The number of benzene rings is 2. The molecule has 0 aliphatic carbocycles. The van der Waals surface area contributed by atoms with Crippen LogP contribution in [0.5, 0.6) is 0 Å². The van der Waals surface area contributed by atoms with E-state index in [1.807, 2.05) is 41.3 Å². The van der Waals surface area contributed by atoms with E-state index >= 15 is 0 Å². The van der Waals surface area contributed by atoms with Crippen LogP contribution in [0.25, 0.3) is 0 Å². The quantitative estimate of drug-likeness (QED) is 0.818. The van der Waals surface area contributed by atoms with Gasteiger partial charge in [-0.25, -0.2) is 4.39 Å². The molecule has 0 saturated carbocycles. The van der Waals surface area contributed by atoms with Crippen molar-refractivity contribution >= 4 is 11.8 Å². The van der Waals surface area contributed by atoms with Gasteiger partial charge < -0.3 is 10.2 Å². The van der Waals surface area contributed by atoms with Crippen molar-refractivity contribution in [1.82, 2.24) is 10.2 Å². The molecule has 0 aromatic heterocycles. The Morgan fingerprint density at radius 2 is 1.68 bits per heavy atom. The van der Waals surface area contributed by atoms with Gasteiger partial charge in [0.05, 0.1) is 0 Å². The summed E-state index contributed by atoms with van der Waals surface area (Å²) in [6, 6.07) is 14.5. The van der Waals surface area contributed by atoms with Crippen LogP contribution >= 0.6 is 0 Å². The Morgan fingerprint density at radius 3 is 2.32 bits per heavy atom. The molecule has 1 N–H and O–H groups in total. The minimum absolute atomic E-state index is 0.0557. The summed E-state index contributed by atoms with van der Waals surface area (Å²) in [6.45, 7) is 4.05. The Labute approximate surface area is 165 Å². The number of carbonyl (C=O) groups is 2. The van der Waals surface area contributed by atoms with Crippen molar-refractivity contribution in [2.24, 2.45) is 0 Å². The highest BCUT2D eigenvalue weighted by Crippen LogP contribution is 2.29. The molecular formula is C23H27FN2O2. The van der Waals surface area contributed by atoms with Gasteiger partial charge in [0.15, 0.2) is 0 Å². The van der Waals surface area contributed by atoms with Crippen molar-refractivity contribution in [3.63, 3.8) is 0 Å². The first-order valence-corrected chi connectivity index (χ1v) is 9.84. The van der Waals surface area contributed by atoms with Crippen LogP contribution in [0.3, 0.4) is 0 Å². The molecule has 2 aromatic carbocycles. The van der Waals surface area contributed by atoms with Crippen molar-refractivity contribution in [3.05, 3.63) is 71.0 Å². The van der Waals surface area contributed by atoms with Crippen LogP contribution in [0.4, 0.5) is 4.39 Å². The van der Waals surface area contributed by atoms with E-state index in [1.54, 1.807) is 0 Å².